The number of halogens is 2. The van der Waals surface area contributed by atoms with E-state index in [2.05, 4.69) is 33.0 Å². The lowest BCUT2D eigenvalue weighted by Gasteiger charge is -2.39. The number of urea groups is 1. The topological polar surface area (TPSA) is 71.0 Å². The third-order valence-electron chi connectivity index (χ3n) is 6.81. The van der Waals surface area contributed by atoms with E-state index < -0.39 is 17.2 Å². The monoisotopic (exact) mass is 538 g/mol. The summed E-state index contributed by atoms with van der Waals surface area (Å²) >= 11 is 0. The van der Waals surface area contributed by atoms with Crippen molar-refractivity contribution in [3.63, 3.8) is 0 Å². The molecule has 4 rings (SSSR count). The molecule has 2 amide bonds. The third kappa shape index (κ3) is 7.69. The number of nitrogens with one attached hydrogen (secondary N) is 1. The van der Waals surface area contributed by atoms with Gasteiger partial charge in [0.25, 0.3) is 0 Å². The molecule has 0 bridgehead atoms. The van der Waals surface area contributed by atoms with Crippen LogP contribution >= 0.6 is 0 Å². The number of aliphatic hydroxyl groups is 1. The van der Waals surface area contributed by atoms with Crippen LogP contribution in [0.2, 0.25) is 0 Å². The number of benzene rings is 3. The van der Waals surface area contributed by atoms with Crippen molar-refractivity contribution < 1.29 is 28.2 Å². The molecular weight excluding hydrogens is 502 g/mol. The molecule has 0 saturated carbocycles. The molecule has 3 aromatic rings. The molecule has 39 heavy (non-hydrogen) atoms. The zero-order valence-corrected chi connectivity index (χ0v) is 22.8. The normalized spacial score (nSPS) is 14.9. The van der Waals surface area contributed by atoms with Gasteiger partial charge in [0.15, 0.2) is 11.6 Å². The van der Waals surface area contributed by atoms with Crippen LogP contribution in [0, 0.1) is 17.6 Å². The van der Waals surface area contributed by atoms with E-state index in [-0.39, 0.29) is 17.5 Å². The third-order valence-corrected chi connectivity index (χ3v) is 6.81. The Bertz CT molecular complexity index is 1290. The van der Waals surface area contributed by atoms with Crippen LogP contribution in [0.4, 0.5) is 19.3 Å². The van der Waals surface area contributed by atoms with E-state index in [1.54, 1.807) is 23.1 Å². The van der Waals surface area contributed by atoms with Crippen molar-refractivity contribution in [2.75, 3.05) is 18.4 Å². The minimum atomic E-state index is -0.849. The zero-order valence-electron chi connectivity index (χ0n) is 22.8. The van der Waals surface area contributed by atoms with Gasteiger partial charge in [-0.2, -0.15) is 0 Å². The van der Waals surface area contributed by atoms with E-state index >= 15 is 0 Å². The zero-order chi connectivity index (χ0) is 28.2. The van der Waals surface area contributed by atoms with E-state index in [1.165, 1.54) is 11.6 Å². The fraction of sp³-hybridized carbons (Fsp3) is 0.387. The summed E-state index contributed by atoms with van der Waals surface area (Å²) in [5, 5.41) is 13.7. The number of hydrogen-bond donors (Lipinski definition) is 2. The van der Waals surface area contributed by atoms with Crippen LogP contribution in [0.3, 0.4) is 0 Å². The predicted octanol–water partition coefficient (Wildman–Crippen LogP) is 8.08. The number of carbonyl (C=O) groups excluding carboxylic acids is 1. The summed E-state index contributed by atoms with van der Waals surface area (Å²) in [4.78, 5) is 14.7. The number of rotatable bonds is 8. The fourth-order valence-corrected chi connectivity index (χ4v) is 4.80. The number of hydrogen-bond acceptors (Lipinski definition) is 4. The van der Waals surface area contributed by atoms with Crippen LogP contribution in [-0.2, 0) is 0 Å². The fourth-order valence-electron chi connectivity index (χ4n) is 4.80. The number of nitrogens with zero attached hydrogens (tertiary/aromatic N) is 1. The first kappa shape index (κ1) is 28.4. The lowest BCUT2D eigenvalue weighted by atomic mass is 9.84. The summed E-state index contributed by atoms with van der Waals surface area (Å²) in [7, 11) is 0. The number of carbonyl (C=O) groups is 1. The first-order valence-electron chi connectivity index (χ1n) is 13.3. The first-order chi connectivity index (χ1) is 18.5. The van der Waals surface area contributed by atoms with Gasteiger partial charge in [-0.3, -0.25) is 0 Å². The highest BCUT2D eigenvalue weighted by Crippen LogP contribution is 2.35. The van der Waals surface area contributed by atoms with Gasteiger partial charge in [-0.05, 0) is 60.9 Å². The Hall–Kier alpha value is -3.65. The summed E-state index contributed by atoms with van der Waals surface area (Å²) < 4.78 is 39.4. The van der Waals surface area contributed by atoms with Crippen molar-refractivity contribution in [3.05, 3.63) is 77.9 Å². The largest absolute Gasteiger partial charge is 0.457 e. The maximum absolute atomic E-state index is 14.3. The van der Waals surface area contributed by atoms with Crippen LogP contribution in [0.1, 0.15) is 58.4 Å². The Kier molecular flexibility index (Phi) is 8.75. The van der Waals surface area contributed by atoms with E-state index in [1.807, 2.05) is 24.3 Å². The second kappa shape index (κ2) is 12.0. The van der Waals surface area contributed by atoms with E-state index in [9.17, 15) is 18.7 Å². The summed E-state index contributed by atoms with van der Waals surface area (Å²) in [5.41, 5.74) is 0.794. The molecule has 0 atom stereocenters. The highest BCUT2D eigenvalue weighted by molar-refractivity contribution is 5.90. The number of piperidine rings is 1. The Balaban J connectivity index is 1.54. The number of ether oxygens (including phenoxy) is 2. The van der Waals surface area contributed by atoms with Crippen molar-refractivity contribution in [1.29, 1.82) is 0 Å². The van der Waals surface area contributed by atoms with Crippen molar-refractivity contribution in [1.82, 2.24) is 4.90 Å². The van der Waals surface area contributed by atoms with Gasteiger partial charge in [-0.25, -0.2) is 13.6 Å². The first-order valence-corrected chi connectivity index (χ1v) is 13.3. The Morgan fingerprint density at radius 3 is 2.15 bits per heavy atom. The molecule has 8 heteroatoms. The van der Waals surface area contributed by atoms with Crippen LogP contribution in [-0.4, -0.2) is 34.7 Å². The Morgan fingerprint density at radius 1 is 0.923 bits per heavy atom. The summed E-state index contributed by atoms with van der Waals surface area (Å²) in [6.07, 6.45) is 1.71. The van der Waals surface area contributed by atoms with Gasteiger partial charge in [0.2, 0.25) is 0 Å². The van der Waals surface area contributed by atoms with E-state index in [4.69, 9.17) is 9.47 Å². The molecule has 1 saturated heterocycles. The SMILES string of the molecule is CC(C)CC1(O)CCN(C(=O)Nc2cc(Oc3ccc(C(C)C)cc3)cc(Oc3ccc(F)cc3F)c2)CC1. The smallest absolute Gasteiger partial charge is 0.321 e. The number of anilines is 1. The van der Waals surface area contributed by atoms with Crippen molar-refractivity contribution in [2.24, 2.45) is 5.92 Å². The average Bonchev–Trinajstić information content (AvgIpc) is 2.85. The van der Waals surface area contributed by atoms with Gasteiger partial charge in [0.1, 0.15) is 23.1 Å². The molecular formula is C31H36F2N2O4. The standard InChI is InChI=1S/C31H36F2N2O4/c1-20(2)19-31(37)11-13-35(14-12-31)30(36)34-24-16-26(38-25-8-5-22(6-9-25)21(3)4)18-27(17-24)39-29-10-7-23(32)15-28(29)33/h5-10,15-18,20-21,37H,11-14,19H2,1-4H3,(H,34,36). The summed E-state index contributed by atoms with van der Waals surface area (Å²) in [5.74, 6) is 0.179. The molecule has 1 fully saturated rings. The number of likely N-dealkylation sites (tertiary alicyclic amines) is 1. The summed E-state index contributed by atoms with van der Waals surface area (Å²) in [6.45, 7) is 9.21. The molecule has 208 valence electrons. The minimum absolute atomic E-state index is 0.160. The predicted molar refractivity (Wildman–Crippen MR) is 148 cm³/mol. The minimum Gasteiger partial charge on any atom is -0.457 e. The van der Waals surface area contributed by atoms with E-state index in [0.717, 1.165) is 12.1 Å². The number of amides is 2. The molecule has 0 aromatic heterocycles. The van der Waals surface area contributed by atoms with Crippen LogP contribution in [0.25, 0.3) is 0 Å². The Morgan fingerprint density at radius 2 is 1.56 bits per heavy atom. The molecule has 1 aliphatic heterocycles. The maximum atomic E-state index is 14.3. The van der Waals surface area contributed by atoms with Crippen LogP contribution in [0.5, 0.6) is 23.0 Å². The lowest BCUT2D eigenvalue weighted by molar-refractivity contribution is -0.0268. The van der Waals surface area contributed by atoms with Crippen molar-refractivity contribution in [2.45, 2.75) is 58.5 Å². The van der Waals surface area contributed by atoms with Gasteiger partial charge < -0.3 is 24.8 Å². The van der Waals surface area contributed by atoms with E-state index in [0.29, 0.717) is 61.4 Å². The van der Waals surface area contributed by atoms with Gasteiger partial charge in [0.05, 0.1) is 5.60 Å². The second-order valence-corrected chi connectivity index (χ2v) is 10.9. The molecule has 2 N–H and O–H groups in total. The molecule has 0 spiro atoms. The Labute approximate surface area is 228 Å². The molecule has 3 aromatic carbocycles. The average molecular weight is 539 g/mol. The molecule has 1 aliphatic rings. The molecule has 0 unspecified atom stereocenters. The molecule has 0 radical (unpaired) electrons. The van der Waals surface area contributed by atoms with Crippen molar-refractivity contribution >= 4 is 11.7 Å². The van der Waals surface area contributed by atoms with Crippen LogP contribution < -0.4 is 14.8 Å². The molecule has 1 heterocycles. The second-order valence-electron chi connectivity index (χ2n) is 10.9. The molecule has 0 aliphatic carbocycles. The molecule has 6 nitrogen and oxygen atoms in total. The van der Waals surface area contributed by atoms with Crippen LogP contribution in [0.15, 0.2) is 60.7 Å². The van der Waals surface area contributed by atoms with Gasteiger partial charge in [-0.15, -0.1) is 0 Å². The van der Waals surface area contributed by atoms with Gasteiger partial charge in [0, 0.05) is 43.0 Å². The maximum Gasteiger partial charge on any atom is 0.321 e. The lowest BCUT2D eigenvalue weighted by Crippen LogP contribution is -2.48. The van der Waals surface area contributed by atoms with Crippen molar-refractivity contribution in [3.8, 4) is 23.0 Å². The summed E-state index contributed by atoms with van der Waals surface area (Å²) in [6, 6.07) is 15.2. The van der Waals surface area contributed by atoms with Gasteiger partial charge >= 0.3 is 6.03 Å². The quantitative estimate of drug-likeness (QED) is 0.304. The highest BCUT2D eigenvalue weighted by atomic mass is 19.1. The van der Waals surface area contributed by atoms with Gasteiger partial charge in [-0.1, -0.05) is 39.8 Å². The highest BCUT2D eigenvalue weighted by Gasteiger charge is 2.34.